The molecule has 21 heavy (non-hydrogen) atoms. The Labute approximate surface area is 121 Å². The standard InChI is InChI=1S/C13H13FN2O4S/c1-20-16(17)12-5-7-13(8-6-12)21(18,19)15-11-4-2-3-10(14)9-11/h2-9,15-16H,1H3. The van der Waals surface area contributed by atoms with Gasteiger partial charge in [-0.1, -0.05) is 6.07 Å². The average molecular weight is 312 g/mol. The third kappa shape index (κ3) is 3.76. The zero-order chi connectivity index (χ0) is 15.5. The van der Waals surface area contributed by atoms with Crippen molar-refractivity contribution in [2.45, 2.75) is 4.90 Å². The highest BCUT2D eigenvalue weighted by molar-refractivity contribution is 7.92. The molecule has 1 atom stereocenters. The first-order chi connectivity index (χ1) is 9.92. The van der Waals surface area contributed by atoms with E-state index >= 15 is 0 Å². The first kappa shape index (κ1) is 15.4. The molecule has 0 amide bonds. The number of sulfonamides is 1. The van der Waals surface area contributed by atoms with Gasteiger partial charge in [-0.2, -0.15) is 5.23 Å². The van der Waals surface area contributed by atoms with Crippen molar-refractivity contribution in [1.29, 1.82) is 0 Å². The quantitative estimate of drug-likeness (QED) is 0.813. The number of hydrogen-bond donors (Lipinski definition) is 2. The molecule has 6 nitrogen and oxygen atoms in total. The summed E-state index contributed by atoms with van der Waals surface area (Å²) in [5, 5.41) is 10.7. The van der Waals surface area contributed by atoms with Gasteiger partial charge in [-0.3, -0.25) is 4.72 Å². The van der Waals surface area contributed by atoms with Gasteiger partial charge in [-0.05, 0) is 30.3 Å². The molecule has 0 heterocycles. The van der Waals surface area contributed by atoms with E-state index in [2.05, 4.69) is 9.56 Å². The average Bonchev–Trinajstić information content (AvgIpc) is 2.46. The highest BCUT2D eigenvalue weighted by Gasteiger charge is 2.15. The Hall–Kier alpha value is -2.00. The topological polar surface area (TPSA) is 82.9 Å². The number of benzene rings is 2. The summed E-state index contributed by atoms with van der Waals surface area (Å²) in [6, 6.07) is 10.3. The SMILES string of the molecule is CO[NH+]([O-])c1ccc(S(=O)(=O)Nc2cccc(F)c2)cc1. The van der Waals surface area contributed by atoms with Crippen LogP contribution in [0.3, 0.4) is 0 Å². The van der Waals surface area contributed by atoms with Gasteiger partial charge in [0.1, 0.15) is 5.82 Å². The van der Waals surface area contributed by atoms with Gasteiger partial charge in [0.25, 0.3) is 10.0 Å². The number of quaternary nitrogens is 1. The van der Waals surface area contributed by atoms with Gasteiger partial charge >= 0.3 is 0 Å². The molecule has 0 radical (unpaired) electrons. The molecular weight excluding hydrogens is 299 g/mol. The maximum absolute atomic E-state index is 13.0. The number of halogens is 1. The summed E-state index contributed by atoms with van der Waals surface area (Å²) in [6.07, 6.45) is 0. The van der Waals surface area contributed by atoms with Crippen LogP contribution in [0.15, 0.2) is 53.4 Å². The predicted octanol–water partition coefficient (Wildman–Crippen LogP) is 1.20. The van der Waals surface area contributed by atoms with Crippen molar-refractivity contribution >= 4 is 21.4 Å². The Balaban J connectivity index is 2.23. The van der Waals surface area contributed by atoms with Crippen molar-refractivity contribution in [3.05, 3.63) is 59.6 Å². The molecule has 0 fully saturated rings. The lowest BCUT2D eigenvalue weighted by Gasteiger charge is -2.16. The highest BCUT2D eigenvalue weighted by Crippen LogP contribution is 2.17. The molecule has 0 saturated heterocycles. The molecule has 0 bridgehead atoms. The second-order valence-electron chi connectivity index (χ2n) is 4.13. The number of hydrogen-bond acceptors (Lipinski definition) is 4. The fourth-order valence-corrected chi connectivity index (χ4v) is 2.70. The Bertz CT molecular complexity index is 719. The molecule has 0 aliphatic carbocycles. The maximum Gasteiger partial charge on any atom is 0.261 e. The van der Waals surface area contributed by atoms with E-state index < -0.39 is 21.1 Å². The minimum Gasteiger partial charge on any atom is -0.595 e. The molecule has 2 aromatic rings. The van der Waals surface area contributed by atoms with Gasteiger partial charge in [0, 0.05) is 12.1 Å². The molecule has 2 rings (SSSR count). The zero-order valence-electron chi connectivity index (χ0n) is 11.0. The number of rotatable bonds is 5. The Morgan fingerprint density at radius 3 is 2.43 bits per heavy atom. The van der Waals surface area contributed by atoms with Gasteiger partial charge in [0.05, 0.1) is 17.7 Å². The molecule has 2 N–H and O–H groups in total. The monoisotopic (exact) mass is 312 g/mol. The van der Waals surface area contributed by atoms with Crippen molar-refractivity contribution in [3.8, 4) is 0 Å². The van der Waals surface area contributed by atoms with Crippen molar-refractivity contribution in [2.75, 3.05) is 11.8 Å². The van der Waals surface area contributed by atoms with E-state index in [9.17, 15) is 18.0 Å². The van der Waals surface area contributed by atoms with Gasteiger partial charge in [0.2, 0.25) is 0 Å². The normalized spacial score (nSPS) is 12.9. The molecule has 112 valence electrons. The summed E-state index contributed by atoms with van der Waals surface area (Å²) < 4.78 is 39.5. The van der Waals surface area contributed by atoms with Crippen molar-refractivity contribution in [1.82, 2.24) is 0 Å². The van der Waals surface area contributed by atoms with Crippen LogP contribution in [0.5, 0.6) is 0 Å². The molecule has 1 unspecified atom stereocenters. The fraction of sp³-hybridized carbons (Fsp3) is 0.0769. The van der Waals surface area contributed by atoms with Crippen LogP contribution in [0.4, 0.5) is 15.8 Å². The highest BCUT2D eigenvalue weighted by atomic mass is 32.2. The van der Waals surface area contributed by atoms with Crippen molar-refractivity contribution < 1.29 is 22.9 Å². The first-order valence-electron chi connectivity index (χ1n) is 5.89. The van der Waals surface area contributed by atoms with Crippen LogP contribution >= 0.6 is 0 Å². The maximum atomic E-state index is 13.0. The van der Waals surface area contributed by atoms with E-state index in [-0.39, 0.29) is 16.3 Å². The zero-order valence-corrected chi connectivity index (χ0v) is 11.9. The third-order valence-corrected chi connectivity index (χ3v) is 4.06. The Morgan fingerprint density at radius 2 is 1.86 bits per heavy atom. The minimum absolute atomic E-state index is 0.0422. The van der Waals surface area contributed by atoms with E-state index in [4.69, 9.17) is 0 Å². The van der Waals surface area contributed by atoms with Crippen LogP contribution in [-0.4, -0.2) is 15.5 Å². The van der Waals surface area contributed by atoms with E-state index in [0.717, 1.165) is 6.07 Å². The largest absolute Gasteiger partial charge is 0.595 e. The lowest BCUT2D eigenvalue weighted by atomic mass is 10.3. The summed E-state index contributed by atoms with van der Waals surface area (Å²) in [5.74, 6) is -0.545. The molecule has 0 aliphatic rings. The van der Waals surface area contributed by atoms with Crippen LogP contribution in [0.1, 0.15) is 0 Å². The van der Waals surface area contributed by atoms with Gasteiger partial charge < -0.3 is 5.21 Å². The lowest BCUT2D eigenvalue weighted by molar-refractivity contribution is -0.992. The van der Waals surface area contributed by atoms with Gasteiger partial charge in [-0.15, -0.1) is 0 Å². The van der Waals surface area contributed by atoms with Crippen LogP contribution in [0, 0.1) is 11.0 Å². The fourth-order valence-electron chi connectivity index (χ4n) is 1.65. The van der Waals surface area contributed by atoms with Crippen LogP contribution in [0.2, 0.25) is 0 Å². The van der Waals surface area contributed by atoms with Crippen LogP contribution in [-0.2, 0) is 14.9 Å². The minimum atomic E-state index is -3.85. The molecule has 0 saturated carbocycles. The smallest absolute Gasteiger partial charge is 0.261 e. The van der Waals surface area contributed by atoms with Crippen LogP contribution in [0.25, 0.3) is 0 Å². The molecule has 0 aromatic heterocycles. The first-order valence-corrected chi connectivity index (χ1v) is 7.37. The summed E-state index contributed by atoms with van der Waals surface area (Å²) in [4.78, 5) is 4.48. The van der Waals surface area contributed by atoms with E-state index in [1.54, 1.807) is 0 Å². The van der Waals surface area contributed by atoms with Crippen molar-refractivity contribution in [2.24, 2.45) is 0 Å². The predicted molar refractivity (Wildman–Crippen MR) is 74.6 cm³/mol. The van der Waals surface area contributed by atoms with Gasteiger partial charge in [0.15, 0.2) is 5.69 Å². The summed E-state index contributed by atoms with van der Waals surface area (Å²) in [6.45, 7) is 0. The van der Waals surface area contributed by atoms with Crippen LogP contribution < -0.4 is 9.95 Å². The van der Waals surface area contributed by atoms with Crippen molar-refractivity contribution in [3.63, 3.8) is 0 Å². The van der Waals surface area contributed by atoms with E-state index in [0.29, 0.717) is 0 Å². The molecule has 0 aliphatic heterocycles. The molecule has 0 spiro atoms. The Kier molecular flexibility index (Phi) is 4.53. The molecule has 8 heteroatoms. The summed E-state index contributed by atoms with van der Waals surface area (Å²) in [7, 11) is -2.61. The summed E-state index contributed by atoms with van der Waals surface area (Å²) >= 11 is 0. The second kappa shape index (κ2) is 6.19. The lowest BCUT2D eigenvalue weighted by Crippen LogP contribution is -3.00. The molecule has 2 aromatic carbocycles. The number of anilines is 1. The number of nitrogens with one attached hydrogen (secondary N) is 2. The second-order valence-corrected chi connectivity index (χ2v) is 5.81. The summed E-state index contributed by atoms with van der Waals surface area (Å²) in [5.41, 5.74) is 0.356. The third-order valence-electron chi connectivity index (χ3n) is 2.66. The Morgan fingerprint density at radius 1 is 1.19 bits per heavy atom. The van der Waals surface area contributed by atoms with E-state index in [1.807, 2.05) is 0 Å². The van der Waals surface area contributed by atoms with E-state index in [1.165, 1.54) is 49.6 Å². The van der Waals surface area contributed by atoms with Gasteiger partial charge in [-0.25, -0.2) is 17.6 Å². The molecular formula is C13H13FN2O4S.